The Morgan fingerprint density at radius 2 is 1.85 bits per heavy atom. The molecule has 4 heteroatoms. The Morgan fingerprint density at radius 1 is 0.950 bits per heavy atom. The van der Waals surface area contributed by atoms with Gasteiger partial charge in [0.25, 0.3) is 0 Å². The van der Waals surface area contributed by atoms with Crippen LogP contribution in [0.5, 0.6) is 0 Å². The van der Waals surface area contributed by atoms with Crippen molar-refractivity contribution in [1.82, 2.24) is 9.97 Å². The molecule has 0 atom stereocenters. The zero-order valence-electron chi connectivity index (χ0n) is 10.7. The fourth-order valence-electron chi connectivity index (χ4n) is 1.73. The number of nitrogens with one attached hydrogen (secondary N) is 1. The van der Waals surface area contributed by atoms with Crippen molar-refractivity contribution >= 4 is 35.1 Å². The second kappa shape index (κ2) is 6.12. The number of para-hydroxylation sites is 1. The van der Waals surface area contributed by atoms with Crippen LogP contribution in [0, 0.1) is 0 Å². The number of hydrogen-bond donors (Lipinski definition) is 1. The zero-order valence-corrected chi connectivity index (χ0v) is 11.5. The standard InChI is InChI=1S/C16H13N3S/c1-2-5-13(6-3-1)18-16-17-11-10-14(19-16)8-9-15-7-4-12-20-15/h1-12H,(H,17,18,19). The second-order valence-corrected chi connectivity index (χ2v) is 5.12. The Hall–Kier alpha value is -2.46. The SMILES string of the molecule is C(=Cc1cccs1)c1ccnc(Nc2ccccc2)n1. The summed E-state index contributed by atoms with van der Waals surface area (Å²) >= 11 is 1.70. The summed E-state index contributed by atoms with van der Waals surface area (Å²) in [5, 5.41) is 5.24. The Bertz CT molecular complexity index is 691. The Balaban J connectivity index is 1.76. The van der Waals surface area contributed by atoms with Crippen LogP contribution in [0.2, 0.25) is 0 Å². The summed E-state index contributed by atoms with van der Waals surface area (Å²) in [6.07, 6.45) is 5.80. The predicted octanol–water partition coefficient (Wildman–Crippen LogP) is 4.45. The molecule has 0 unspecified atom stereocenters. The maximum Gasteiger partial charge on any atom is 0.227 e. The largest absolute Gasteiger partial charge is 0.324 e. The normalized spacial score (nSPS) is 10.8. The number of nitrogens with zero attached hydrogens (tertiary/aromatic N) is 2. The lowest BCUT2D eigenvalue weighted by molar-refractivity contribution is 1.15. The second-order valence-electron chi connectivity index (χ2n) is 4.14. The highest BCUT2D eigenvalue weighted by molar-refractivity contribution is 7.10. The van der Waals surface area contributed by atoms with Crippen molar-refractivity contribution in [3.63, 3.8) is 0 Å². The first kappa shape index (κ1) is 12.6. The van der Waals surface area contributed by atoms with Crippen molar-refractivity contribution in [3.8, 4) is 0 Å². The molecule has 3 rings (SSSR count). The van der Waals surface area contributed by atoms with Crippen LogP contribution in [0.25, 0.3) is 12.2 Å². The minimum absolute atomic E-state index is 0.601. The third kappa shape index (κ3) is 3.30. The van der Waals surface area contributed by atoms with Crippen molar-refractivity contribution in [2.75, 3.05) is 5.32 Å². The topological polar surface area (TPSA) is 37.8 Å². The number of aromatic nitrogens is 2. The van der Waals surface area contributed by atoms with E-state index >= 15 is 0 Å². The fourth-order valence-corrected chi connectivity index (χ4v) is 2.35. The summed E-state index contributed by atoms with van der Waals surface area (Å²) in [7, 11) is 0. The summed E-state index contributed by atoms with van der Waals surface area (Å²) in [5.74, 6) is 0.601. The van der Waals surface area contributed by atoms with Crippen LogP contribution < -0.4 is 5.32 Å². The maximum absolute atomic E-state index is 4.46. The Labute approximate surface area is 121 Å². The molecule has 0 aliphatic carbocycles. The van der Waals surface area contributed by atoms with Crippen LogP contribution in [0.3, 0.4) is 0 Å². The molecule has 0 amide bonds. The Kier molecular flexibility index (Phi) is 3.85. The maximum atomic E-state index is 4.46. The van der Waals surface area contributed by atoms with Gasteiger partial charge in [0.2, 0.25) is 5.95 Å². The van der Waals surface area contributed by atoms with E-state index in [2.05, 4.69) is 32.8 Å². The van der Waals surface area contributed by atoms with Crippen LogP contribution in [-0.4, -0.2) is 9.97 Å². The van der Waals surface area contributed by atoms with E-state index in [0.717, 1.165) is 11.4 Å². The van der Waals surface area contributed by atoms with Crippen molar-refractivity contribution in [1.29, 1.82) is 0 Å². The van der Waals surface area contributed by atoms with Gasteiger partial charge in [0, 0.05) is 16.8 Å². The van der Waals surface area contributed by atoms with E-state index in [-0.39, 0.29) is 0 Å². The van der Waals surface area contributed by atoms with Crippen LogP contribution in [-0.2, 0) is 0 Å². The van der Waals surface area contributed by atoms with Crippen molar-refractivity contribution < 1.29 is 0 Å². The highest BCUT2D eigenvalue weighted by atomic mass is 32.1. The molecule has 0 bridgehead atoms. The molecule has 2 heterocycles. The summed E-state index contributed by atoms with van der Waals surface area (Å²) in [5.41, 5.74) is 1.86. The van der Waals surface area contributed by atoms with Gasteiger partial charge in [0.05, 0.1) is 5.69 Å². The predicted molar refractivity (Wildman–Crippen MR) is 85.0 cm³/mol. The third-order valence-electron chi connectivity index (χ3n) is 2.67. The molecule has 0 fully saturated rings. The molecule has 2 aromatic heterocycles. The smallest absolute Gasteiger partial charge is 0.227 e. The summed E-state index contributed by atoms with van der Waals surface area (Å²) in [6, 6.07) is 15.9. The van der Waals surface area contributed by atoms with Crippen LogP contribution in [0.15, 0.2) is 60.1 Å². The molecule has 0 aliphatic heterocycles. The molecule has 98 valence electrons. The first-order valence-corrected chi connectivity index (χ1v) is 7.15. The lowest BCUT2D eigenvalue weighted by Gasteiger charge is -2.04. The van der Waals surface area contributed by atoms with Gasteiger partial charge in [-0.1, -0.05) is 24.3 Å². The van der Waals surface area contributed by atoms with Crippen molar-refractivity contribution in [3.05, 3.63) is 70.7 Å². The zero-order chi connectivity index (χ0) is 13.6. The van der Waals surface area contributed by atoms with Crippen molar-refractivity contribution in [2.24, 2.45) is 0 Å². The Morgan fingerprint density at radius 3 is 2.65 bits per heavy atom. The van der Waals surface area contributed by atoms with E-state index in [4.69, 9.17) is 0 Å². The first-order chi connectivity index (χ1) is 9.90. The summed E-state index contributed by atoms with van der Waals surface area (Å²) in [4.78, 5) is 9.90. The molecule has 3 nitrogen and oxygen atoms in total. The molecule has 0 saturated heterocycles. The van der Waals surface area contributed by atoms with Crippen LogP contribution >= 0.6 is 11.3 Å². The first-order valence-electron chi connectivity index (χ1n) is 6.27. The molecular weight excluding hydrogens is 266 g/mol. The number of benzene rings is 1. The van der Waals surface area contributed by atoms with E-state index in [1.54, 1.807) is 17.5 Å². The molecule has 1 aromatic carbocycles. The molecule has 0 aliphatic rings. The molecule has 0 spiro atoms. The van der Waals surface area contributed by atoms with Gasteiger partial charge in [-0.2, -0.15) is 0 Å². The van der Waals surface area contributed by atoms with Crippen LogP contribution in [0.4, 0.5) is 11.6 Å². The third-order valence-corrected chi connectivity index (χ3v) is 3.51. The van der Waals surface area contributed by atoms with Gasteiger partial charge in [0.1, 0.15) is 0 Å². The minimum atomic E-state index is 0.601. The molecule has 3 aromatic rings. The number of rotatable bonds is 4. The van der Waals surface area contributed by atoms with Gasteiger partial charge < -0.3 is 5.32 Å². The van der Waals surface area contributed by atoms with Gasteiger partial charge in [-0.05, 0) is 41.8 Å². The van der Waals surface area contributed by atoms with E-state index in [9.17, 15) is 0 Å². The van der Waals surface area contributed by atoms with Gasteiger partial charge in [0.15, 0.2) is 0 Å². The van der Waals surface area contributed by atoms with Gasteiger partial charge in [-0.3, -0.25) is 0 Å². The monoisotopic (exact) mass is 279 g/mol. The lowest BCUT2D eigenvalue weighted by atomic mass is 10.3. The molecule has 0 radical (unpaired) electrons. The fraction of sp³-hybridized carbons (Fsp3) is 0. The number of thiophene rings is 1. The van der Waals surface area contributed by atoms with E-state index < -0.39 is 0 Å². The van der Waals surface area contributed by atoms with Crippen LogP contribution in [0.1, 0.15) is 10.6 Å². The summed E-state index contributed by atoms with van der Waals surface area (Å²) in [6.45, 7) is 0. The lowest BCUT2D eigenvalue weighted by Crippen LogP contribution is -1.97. The van der Waals surface area contributed by atoms with Gasteiger partial charge in [-0.15, -0.1) is 11.3 Å². The van der Waals surface area contributed by atoms with E-state index in [0.29, 0.717) is 5.95 Å². The summed E-state index contributed by atoms with van der Waals surface area (Å²) < 4.78 is 0. The highest BCUT2D eigenvalue weighted by Gasteiger charge is 1.97. The van der Waals surface area contributed by atoms with E-state index in [1.807, 2.05) is 48.5 Å². The van der Waals surface area contributed by atoms with Crippen molar-refractivity contribution in [2.45, 2.75) is 0 Å². The average molecular weight is 279 g/mol. The molecular formula is C16H13N3S. The molecule has 0 saturated carbocycles. The molecule has 1 N–H and O–H groups in total. The average Bonchev–Trinajstić information content (AvgIpc) is 3.00. The minimum Gasteiger partial charge on any atom is -0.324 e. The van der Waals surface area contributed by atoms with Gasteiger partial charge in [-0.25, -0.2) is 9.97 Å². The van der Waals surface area contributed by atoms with Gasteiger partial charge >= 0.3 is 0 Å². The number of hydrogen-bond acceptors (Lipinski definition) is 4. The molecule has 20 heavy (non-hydrogen) atoms. The quantitative estimate of drug-likeness (QED) is 0.766. The highest BCUT2D eigenvalue weighted by Crippen LogP contribution is 2.14. The van der Waals surface area contributed by atoms with E-state index in [1.165, 1.54) is 4.88 Å². The number of anilines is 2.